The lowest BCUT2D eigenvalue weighted by Crippen LogP contribution is -2.37. The molecule has 2 rings (SSSR count). The number of aliphatic imine (C=N–C) groups is 1. The molecule has 0 heterocycles. The van der Waals surface area contributed by atoms with Gasteiger partial charge in [-0.1, -0.05) is 6.07 Å². The van der Waals surface area contributed by atoms with Gasteiger partial charge in [-0.05, 0) is 57.2 Å². The number of benzene rings is 1. The molecule has 5 heteroatoms. The predicted molar refractivity (Wildman–Crippen MR) is 94.1 cm³/mol. The Balaban J connectivity index is 2.08. The van der Waals surface area contributed by atoms with Crippen LogP contribution in [0.25, 0.3) is 0 Å². The van der Waals surface area contributed by atoms with E-state index in [-0.39, 0.29) is 0 Å². The Morgan fingerprint density at radius 2 is 1.91 bits per heavy atom. The lowest BCUT2D eigenvalue weighted by molar-refractivity contribution is 0.200. The highest BCUT2D eigenvalue weighted by Crippen LogP contribution is 2.32. The number of methoxy groups -OCH3 is 1. The van der Waals surface area contributed by atoms with Gasteiger partial charge in [0.05, 0.1) is 19.8 Å². The zero-order valence-corrected chi connectivity index (χ0v) is 14.5. The van der Waals surface area contributed by atoms with Crippen molar-refractivity contribution in [2.24, 2.45) is 10.7 Å². The van der Waals surface area contributed by atoms with E-state index in [0.29, 0.717) is 18.6 Å². The zero-order chi connectivity index (χ0) is 16.7. The topological polar surface area (TPSA) is 60.1 Å². The molecule has 5 nitrogen and oxygen atoms in total. The smallest absolute Gasteiger partial charge is 0.191 e. The lowest BCUT2D eigenvalue weighted by atomic mass is 10.2. The number of guanidine groups is 1. The second-order valence-corrected chi connectivity index (χ2v) is 5.86. The fraction of sp³-hybridized carbons (Fsp3) is 0.611. The predicted octanol–water partition coefficient (Wildman–Crippen LogP) is 3.17. The van der Waals surface area contributed by atoms with Crippen LogP contribution in [0.5, 0.6) is 11.5 Å². The quantitative estimate of drug-likeness (QED) is 0.619. The average Bonchev–Trinajstić information content (AvgIpc) is 3.07. The molecule has 0 spiro atoms. The molecule has 1 fully saturated rings. The third-order valence-electron chi connectivity index (χ3n) is 4.33. The van der Waals surface area contributed by atoms with Crippen molar-refractivity contribution in [1.82, 2.24) is 4.90 Å². The molecule has 1 saturated carbocycles. The Morgan fingerprint density at radius 3 is 2.52 bits per heavy atom. The van der Waals surface area contributed by atoms with Crippen molar-refractivity contribution in [3.8, 4) is 11.5 Å². The number of hydrogen-bond acceptors (Lipinski definition) is 3. The van der Waals surface area contributed by atoms with Gasteiger partial charge in [0.25, 0.3) is 0 Å². The van der Waals surface area contributed by atoms with Crippen LogP contribution >= 0.6 is 0 Å². The third-order valence-corrected chi connectivity index (χ3v) is 4.33. The molecule has 23 heavy (non-hydrogen) atoms. The molecule has 0 atom stereocenters. The summed E-state index contributed by atoms with van der Waals surface area (Å²) in [5, 5.41) is 0. The summed E-state index contributed by atoms with van der Waals surface area (Å²) in [7, 11) is 1.67. The van der Waals surface area contributed by atoms with Crippen molar-refractivity contribution in [3.63, 3.8) is 0 Å². The van der Waals surface area contributed by atoms with Gasteiger partial charge in [-0.3, -0.25) is 0 Å². The summed E-state index contributed by atoms with van der Waals surface area (Å²) in [6.45, 7) is 6.43. The number of hydrogen-bond donors (Lipinski definition) is 1. The SMILES string of the molecule is CCN(CC)C(N)=NCc1ccc(OC)c(OC2CCCC2)c1. The van der Waals surface area contributed by atoms with E-state index in [4.69, 9.17) is 15.2 Å². The molecule has 1 aromatic rings. The van der Waals surface area contributed by atoms with Crippen LogP contribution in [0.1, 0.15) is 45.1 Å². The zero-order valence-electron chi connectivity index (χ0n) is 14.5. The van der Waals surface area contributed by atoms with Crippen molar-refractivity contribution < 1.29 is 9.47 Å². The fourth-order valence-electron chi connectivity index (χ4n) is 2.92. The van der Waals surface area contributed by atoms with Crippen LogP contribution in [0, 0.1) is 0 Å². The summed E-state index contributed by atoms with van der Waals surface area (Å²) in [4.78, 5) is 6.53. The number of ether oxygens (including phenoxy) is 2. The summed E-state index contributed by atoms with van der Waals surface area (Å²) in [6.07, 6.45) is 5.05. The third kappa shape index (κ3) is 4.78. The van der Waals surface area contributed by atoms with Crippen LogP contribution in [0.2, 0.25) is 0 Å². The minimum atomic E-state index is 0.309. The van der Waals surface area contributed by atoms with E-state index in [9.17, 15) is 0 Å². The minimum absolute atomic E-state index is 0.309. The van der Waals surface area contributed by atoms with E-state index < -0.39 is 0 Å². The Labute approximate surface area is 139 Å². The summed E-state index contributed by atoms with van der Waals surface area (Å²) in [5.41, 5.74) is 7.11. The van der Waals surface area contributed by atoms with E-state index in [0.717, 1.165) is 43.0 Å². The highest BCUT2D eigenvalue weighted by molar-refractivity contribution is 5.78. The molecule has 128 valence electrons. The second-order valence-electron chi connectivity index (χ2n) is 5.86. The van der Waals surface area contributed by atoms with Gasteiger partial charge >= 0.3 is 0 Å². The van der Waals surface area contributed by atoms with E-state index in [1.54, 1.807) is 7.11 Å². The highest BCUT2D eigenvalue weighted by atomic mass is 16.5. The average molecular weight is 319 g/mol. The first kappa shape index (κ1) is 17.4. The largest absolute Gasteiger partial charge is 0.493 e. The van der Waals surface area contributed by atoms with Crippen molar-refractivity contribution in [1.29, 1.82) is 0 Å². The monoisotopic (exact) mass is 319 g/mol. The van der Waals surface area contributed by atoms with Gasteiger partial charge in [0.15, 0.2) is 17.5 Å². The van der Waals surface area contributed by atoms with Gasteiger partial charge in [-0.15, -0.1) is 0 Å². The molecule has 0 aliphatic heterocycles. The van der Waals surface area contributed by atoms with E-state index in [1.807, 2.05) is 23.1 Å². The normalized spacial score (nSPS) is 15.7. The number of rotatable bonds is 7. The van der Waals surface area contributed by atoms with Crippen LogP contribution in [0.15, 0.2) is 23.2 Å². The van der Waals surface area contributed by atoms with E-state index >= 15 is 0 Å². The van der Waals surface area contributed by atoms with Crippen molar-refractivity contribution in [3.05, 3.63) is 23.8 Å². The summed E-state index contributed by atoms with van der Waals surface area (Å²) < 4.78 is 11.5. The minimum Gasteiger partial charge on any atom is -0.493 e. The molecule has 0 amide bonds. The fourth-order valence-corrected chi connectivity index (χ4v) is 2.92. The first-order valence-electron chi connectivity index (χ1n) is 8.56. The van der Waals surface area contributed by atoms with Gasteiger partial charge in [0.1, 0.15) is 0 Å². The standard InChI is InChI=1S/C18H29N3O2/c1-4-21(5-2)18(19)20-13-14-10-11-16(22-3)17(12-14)23-15-8-6-7-9-15/h10-12,15H,4-9,13H2,1-3H3,(H2,19,20). The Bertz CT molecular complexity index is 521. The van der Waals surface area contributed by atoms with Gasteiger partial charge in [0.2, 0.25) is 0 Å². The molecule has 0 aromatic heterocycles. The molecule has 1 aliphatic carbocycles. The van der Waals surface area contributed by atoms with E-state index in [2.05, 4.69) is 18.8 Å². The Hall–Kier alpha value is -1.91. The molecule has 2 N–H and O–H groups in total. The molecule has 0 radical (unpaired) electrons. The molecule has 0 bridgehead atoms. The summed E-state index contributed by atoms with van der Waals surface area (Å²) in [6, 6.07) is 5.98. The van der Waals surface area contributed by atoms with Crippen LogP contribution in [0.3, 0.4) is 0 Å². The van der Waals surface area contributed by atoms with Crippen LogP contribution in [-0.2, 0) is 6.54 Å². The molecule has 0 unspecified atom stereocenters. The Morgan fingerprint density at radius 1 is 1.22 bits per heavy atom. The molecule has 1 aliphatic rings. The van der Waals surface area contributed by atoms with Crippen LogP contribution < -0.4 is 15.2 Å². The summed E-state index contributed by atoms with van der Waals surface area (Å²) >= 11 is 0. The van der Waals surface area contributed by atoms with Crippen molar-refractivity contribution in [2.75, 3.05) is 20.2 Å². The Kier molecular flexibility index (Phi) is 6.56. The highest BCUT2D eigenvalue weighted by Gasteiger charge is 2.18. The van der Waals surface area contributed by atoms with Crippen molar-refractivity contribution in [2.45, 2.75) is 52.2 Å². The molecular weight excluding hydrogens is 290 g/mol. The molecular formula is C18H29N3O2. The molecule has 1 aromatic carbocycles. The first-order valence-corrected chi connectivity index (χ1v) is 8.56. The first-order chi connectivity index (χ1) is 11.2. The van der Waals surface area contributed by atoms with Crippen molar-refractivity contribution >= 4 is 5.96 Å². The van der Waals surface area contributed by atoms with Crippen LogP contribution in [0.4, 0.5) is 0 Å². The summed E-state index contributed by atoms with van der Waals surface area (Å²) in [5.74, 6) is 2.18. The van der Waals surface area contributed by atoms with E-state index in [1.165, 1.54) is 12.8 Å². The maximum Gasteiger partial charge on any atom is 0.191 e. The number of nitrogens with zero attached hydrogens (tertiary/aromatic N) is 2. The van der Waals surface area contributed by atoms with Gasteiger partial charge in [-0.2, -0.15) is 0 Å². The van der Waals surface area contributed by atoms with Gasteiger partial charge in [0, 0.05) is 13.1 Å². The van der Waals surface area contributed by atoms with Gasteiger partial charge < -0.3 is 20.1 Å². The van der Waals surface area contributed by atoms with Crippen LogP contribution in [-0.4, -0.2) is 37.2 Å². The maximum atomic E-state index is 6.12. The maximum absolute atomic E-state index is 6.12. The molecule has 0 saturated heterocycles. The van der Waals surface area contributed by atoms with Gasteiger partial charge in [-0.25, -0.2) is 4.99 Å². The number of nitrogens with two attached hydrogens (primary N) is 1. The lowest BCUT2D eigenvalue weighted by Gasteiger charge is -2.19. The second kappa shape index (κ2) is 8.65.